The van der Waals surface area contributed by atoms with Gasteiger partial charge in [-0.15, -0.1) is 0 Å². The number of carbonyl (C=O) groups is 4. The molecule has 0 saturated heterocycles. The molecule has 2 N–H and O–H groups in total. The van der Waals surface area contributed by atoms with Crippen LogP contribution in [0.3, 0.4) is 0 Å². The summed E-state index contributed by atoms with van der Waals surface area (Å²) in [7, 11) is 0. The summed E-state index contributed by atoms with van der Waals surface area (Å²) in [6.07, 6.45) is -11.9. The number of halogens is 10. The molecule has 0 aliphatic rings. The Morgan fingerprint density at radius 1 is 0.537 bits per heavy atom. The zero-order valence-electron chi connectivity index (χ0n) is 27.0. The largest absolute Gasteiger partial charge is 0.479 e. The number of benzene rings is 4. The number of alkyl halides is 6. The molecule has 0 spiro atoms. The summed E-state index contributed by atoms with van der Waals surface area (Å²) >= 11 is 23.4. The Bertz CT molecular complexity index is 1910. The van der Waals surface area contributed by atoms with Crippen LogP contribution in [0.4, 0.5) is 26.3 Å². The van der Waals surface area contributed by atoms with Gasteiger partial charge in [-0.1, -0.05) is 46.4 Å². The maximum Gasteiger partial charge on any atom is 0.416 e. The summed E-state index contributed by atoms with van der Waals surface area (Å²) in [4.78, 5) is 45.6. The minimum Gasteiger partial charge on any atom is -0.479 e. The molecule has 0 amide bonds. The molecule has 2 atom stereocenters. The second-order valence-corrected chi connectivity index (χ2v) is 12.2. The highest BCUT2D eigenvalue weighted by atomic mass is 35.5. The number of carboxylic acid groups (broad SMARTS) is 2. The summed E-state index contributed by atoms with van der Waals surface area (Å²) in [5.74, 6) is -4.77. The van der Waals surface area contributed by atoms with Gasteiger partial charge in [0.1, 0.15) is 23.0 Å². The molecular weight excluding hydrogens is 824 g/mol. The van der Waals surface area contributed by atoms with Gasteiger partial charge < -0.3 is 29.2 Å². The Balaban J connectivity index is 0.000000290. The van der Waals surface area contributed by atoms with Crippen molar-refractivity contribution in [3.63, 3.8) is 0 Å². The first-order valence-electron chi connectivity index (χ1n) is 14.5. The van der Waals surface area contributed by atoms with Crippen LogP contribution in [-0.2, 0) is 31.4 Å². The van der Waals surface area contributed by atoms with Crippen molar-refractivity contribution >= 4 is 70.3 Å². The zero-order valence-corrected chi connectivity index (χ0v) is 30.0. The molecule has 0 heterocycles. The van der Waals surface area contributed by atoms with Crippen LogP contribution in [0, 0.1) is 0 Å². The topological polar surface area (TPSA) is 146 Å². The average molecular weight is 846 g/mol. The molecule has 0 fully saturated rings. The maximum atomic E-state index is 12.7. The predicted octanol–water partition coefficient (Wildman–Crippen LogP) is 10.9. The lowest BCUT2D eigenvalue weighted by Crippen LogP contribution is -2.23. The van der Waals surface area contributed by atoms with Gasteiger partial charge in [-0.05, 0) is 86.6 Å². The number of esters is 2. The van der Waals surface area contributed by atoms with E-state index in [1.807, 2.05) is 0 Å². The number of ether oxygens (including phenoxy) is 4. The molecule has 288 valence electrons. The molecule has 0 aliphatic heterocycles. The molecule has 4 aromatic rings. The quantitative estimate of drug-likeness (QED) is 0.117. The maximum absolute atomic E-state index is 12.7. The van der Waals surface area contributed by atoms with Crippen molar-refractivity contribution in [3.8, 4) is 23.0 Å². The third-order valence-electron chi connectivity index (χ3n) is 6.55. The van der Waals surface area contributed by atoms with Crippen LogP contribution in [-0.4, -0.2) is 46.3 Å². The molecule has 10 nitrogen and oxygen atoms in total. The van der Waals surface area contributed by atoms with Crippen LogP contribution >= 0.6 is 46.4 Å². The molecule has 0 saturated carbocycles. The van der Waals surface area contributed by atoms with Crippen molar-refractivity contribution in [2.45, 2.75) is 38.4 Å². The monoisotopic (exact) mass is 844 g/mol. The highest BCUT2D eigenvalue weighted by molar-refractivity contribution is 6.34. The van der Waals surface area contributed by atoms with Crippen molar-refractivity contribution in [1.29, 1.82) is 0 Å². The van der Waals surface area contributed by atoms with Gasteiger partial charge >= 0.3 is 36.2 Å². The lowest BCUT2D eigenvalue weighted by molar-refractivity contribution is -0.146. The third-order valence-corrected chi connectivity index (χ3v) is 7.80. The fraction of sp³-hybridized carbons (Fsp3) is 0.176. The molecule has 0 bridgehead atoms. The normalized spacial score (nSPS) is 12.4. The van der Waals surface area contributed by atoms with Crippen LogP contribution in [0.15, 0.2) is 72.8 Å². The van der Waals surface area contributed by atoms with Gasteiger partial charge in [0, 0.05) is 0 Å². The average Bonchev–Trinajstić information content (AvgIpc) is 3.07. The highest BCUT2D eigenvalue weighted by Crippen LogP contribution is 2.38. The van der Waals surface area contributed by atoms with E-state index in [0.717, 1.165) is 50.2 Å². The summed E-state index contributed by atoms with van der Waals surface area (Å²) in [6.45, 7) is 2.33. The number of hydrogen-bond donors (Lipinski definition) is 2. The molecule has 0 unspecified atom stereocenters. The van der Waals surface area contributed by atoms with E-state index in [2.05, 4.69) is 0 Å². The fourth-order valence-electron chi connectivity index (χ4n) is 3.77. The van der Waals surface area contributed by atoms with Gasteiger partial charge in [0.2, 0.25) is 0 Å². The molecule has 4 rings (SSSR count). The number of carbonyl (C=O) groups excluding carboxylic acids is 2. The van der Waals surface area contributed by atoms with E-state index in [1.165, 1.54) is 24.3 Å². The second kappa shape index (κ2) is 18.0. The first kappa shape index (κ1) is 43.5. The van der Waals surface area contributed by atoms with Gasteiger partial charge in [0.25, 0.3) is 0 Å². The Morgan fingerprint density at radius 3 is 1.15 bits per heavy atom. The van der Waals surface area contributed by atoms with Crippen molar-refractivity contribution in [3.05, 3.63) is 115 Å². The SMILES string of the molecule is C[C@H](OC(=O)c1cc(Oc2ccc(C(F)(F)F)cc2Cl)ccc1Cl)C(=O)O.C[C@H](OC(=O)c1cc(Oc2ccc(C(F)(F)F)cc2Cl)ccc1Cl)C(=O)O. The summed E-state index contributed by atoms with van der Waals surface area (Å²) in [5, 5.41) is 16.9. The number of rotatable bonds is 10. The van der Waals surface area contributed by atoms with Crippen LogP contribution in [0.25, 0.3) is 0 Å². The standard InChI is InChI=1S/2C17H11Cl2F3O5/c2*1-8(15(23)24)26-16(25)11-7-10(3-4-12(11)18)27-14-5-2-9(6-13(14)19)17(20,21)22/h2*2-8H,1H3,(H,23,24)/t2*8-/m00/s1. The number of aliphatic carboxylic acids is 2. The van der Waals surface area contributed by atoms with Gasteiger partial charge in [-0.3, -0.25) is 0 Å². The van der Waals surface area contributed by atoms with Crippen molar-refractivity contribution in [1.82, 2.24) is 0 Å². The summed E-state index contributed by atoms with van der Waals surface area (Å²) < 4.78 is 96.2. The second-order valence-electron chi connectivity index (χ2n) is 10.5. The molecule has 0 aromatic heterocycles. The van der Waals surface area contributed by atoms with Gasteiger partial charge in [0.15, 0.2) is 12.2 Å². The van der Waals surface area contributed by atoms with E-state index < -0.39 is 59.6 Å². The predicted molar refractivity (Wildman–Crippen MR) is 181 cm³/mol. The number of carboxylic acids is 2. The minimum absolute atomic E-state index is 0.0246. The first-order chi connectivity index (χ1) is 25.0. The molecule has 0 radical (unpaired) electrons. The molecule has 0 aliphatic carbocycles. The Labute approximate surface area is 320 Å². The van der Waals surface area contributed by atoms with E-state index in [-0.39, 0.29) is 54.2 Å². The Hall–Kier alpha value is -4.90. The molecular formula is C34H22Cl4F6O10. The summed E-state index contributed by atoms with van der Waals surface area (Å²) in [6, 6.07) is 12.7. The van der Waals surface area contributed by atoms with E-state index in [1.54, 1.807) is 0 Å². The van der Waals surface area contributed by atoms with Crippen LogP contribution in [0.1, 0.15) is 45.7 Å². The smallest absolute Gasteiger partial charge is 0.416 e. The Morgan fingerprint density at radius 2 is 0.870 bits per heavy atom. The van der Waals surface area contributed by atoms with Crippen LogP contribution in [0.2, 0.25) is 20.1 Å². The highest BCUT2D eigenvalue weighted by Gasteiger charge is 2.32. The fourth-order valence-corrected chi connectivity index (χ4v) is 4.60. The molecule has 54 heavy (non-hydrogen) atoms. The van der Waals surface area contributed by atoms with Gasteiger partial charge in [0.05, 0.1) is 42.3 Å². The van der Waals surface area contributed by atoms with Crippen molar-refractivity contribution in [2.24, 2.45) is 0 Å². The van der Waals surface area contributed by atoms with E-state index in [9.17, 15) is 45.5 Å². The van der Waals surface area contributed by atoms with Gasteiger partial charge in [-0.2, -0.15) is 26.3 Å². The third kappa shape index (κ3) is 12.1. The first-order valence-corrected chi connectivity index (χ1v) is 16.0. The lowest BCUT2D eigenvalue weighted by atomic mass is 10.2. The van der Waals surface area contributed by atoms with E-state index >= 15 is 0 Å². The zero-order chi connectivity index (χ0) is 40.7. The molecule has 20 heteroatoms. The van der Waals surface area contributed by atoms with E-state index in [0.29, 0.717) is 12.1 Å². The van der Waals surface area contributed by atoms with Crippen LogP contribution in [0.5, 0.6) is 23.0 Å². The van der Waals surface area contributed by atoms with Crippen molar-refractivity contribution in [2.75, 3.05) is 0 Å². The number of hydrogen-bond acceptors (Lipinski definition) is 8. The van der Waals surface area contributed by atoms with Crippen LogP contribution < -0.4 is 9.47 Å². The van der Waals surface area contributed by atoms with Gasteiger partial charge in [-0.25, -0.2) is 19.2 Å². The van der Waals surface area contributed by atoms with Crippen molar-refractivity contribution < 1.29 is 74.7 Å². The summed E-state index contributed by atoms with van der Waals surface area (Å²) in [5.41, 5.74) is -2.23. The van der Waals surface area contributed by atoms with E-state index in [4.69, 9.17) is 75.6 Å². The Kier molecular flexibility index (Phi) is 14.5. The minimum atomic E-state index is -4.56. The molecule has 4 aromatic carbocycles. The lowest BCUT2D eigenvalue weighted by Gasteiger charge is -2.13.